The van der Waals surface area contributed by atoms with E-state index in [1.165, 1.54) is 0 Å². The Labute approximate surface area is 126 Å². The molecule has 0 atom stereocenters. The van der Waals surface area contributed by atoms with Crippen molar-refractivity contribution in [3.05, 3.63) is 17.3 Å². The second-order valence-corrected chi connectivity index (χ2v) is 6.40. The van der Waals surface area contributed by atoms with Crippen molar-refractivity contribution in [1.29, 1.82) is 0 Å². The number of carbonyl (C=O) groups excluding carboxylic acids is 1. The highest BCUT2D eigenvalue weighted by Gasteiger charge is 2.21. The smallest absolute Gasteiger partial charge is 0.220 e. The van der Waals surface area contributed by atoms with E-state index in [1.807, 2.05) is 6.92 Å². The van der Waals surface area contributed by atoms with Crippen LogP contribution in [0.15, 0.2) is 4.42 Å². The Kier molecular flexibility index (Phi) is 6.53. The zero-order valence-electron chi connectivity index (χ0n) is 12.9. The fourth-order valence-corrected chi connectivity index (χ4v) is 1.91. The molecule has 0 radical (unpaired) electrons. The van der Waals surface area contributed by atoms with Gasteiger partial charge in [-0.15, -0.1) is 11.6 Å². The van der Waals surface area contributed by atoms with Crippen LogP contribution in [0.1, 0.15) is 57.4 Å². The molecule has 0 spiro atoms. The summed E-state index contributed by atoms with van der Waals surface area (Å²) in [5.74, 6) is 2.29. The fourth-order valence-electron chi connectivity index (χ4n) is 1.77. The number of nitrogens with zero attached hydrogens (tertiary/aromatic N) is 1. The quantitative estimate of drug-likeness (QED) is 0.620. The van der Waals surface area contributed by atoms with Crippen LogP contribution in [0, 0.1) is 6.92 Å². The molecule has 0 aliphatic rings. The van der Waals surface area contributed by atoms with E-state index in [2.05, 4.69) is 31.1 Å². The van der Waals surface area contributed by atoms with Gasteiger partial charge >= 0.3 is 0 Å². The summed E-state index contributed by atoms with van der Waals surface area (Å²) in [6, 6.07) is 0. The number of nitrogens with one attached hydrogen (secondary N) is 1. The number of aromatic nitrogens is 1. The van der Waals surface area contributed by atoms with Gasteiger partial charge < -0.3 is 9.73 Å². The molecule has 0 aromatic carbocycles. The summed E-state index contributed by atoms with van der Waals surface area (Å²) in [5.41, 5.74) is 0.877. The first kappa shape index (κ1) is 17.0. The summed E-state index contributed by atoms with van der Waals surface area (Å²) in [5, 5.41) is 2.88. The predicted octanol–water partition coefficient (Wildman–Crippen LogP) is 3.35. The maximum atomic E-state index is 11.4. The molecular weight excluding hydrogens is 276 g/mol. The number of hydrogen-bond acceptors (Lipinski definition) is 3. The van der Waals surface area contributed by atoms with E-state index < -0.39 is 0 Å². The van der Waals surface area contributed by atoms with E-state index >= 15 is 0 Å². The van der Waals surface area contributed by atoms with Crippen LogP contribution in [0.5, 0.6) is 0 Å². The molecule has 20 heavy (non-hydrogen) atoms. The highest BCUT2D eigenvalue weighted by molar-refractivity contribution is 6.17. The van der Waals surface area contributed by atoms with Crippen molar-refractivity contribution in [2.45, 2.75) is 58.8 Å². The SMILES string of the molecule is Cc1nc(C(C)(C)C)oc1CCCNC(=O)CCCCl. The van der Waals surface area contributed by atoms with Gasteiger partial charge in [0.25, 0.3) is 0 Å². The number of aryl methyl sites for hydroxylation is 2. The zero-order chi connectivity index (χ0) is 15.2. The summed E-state index contributed by atoms with van der Waals surface area (Å²) in [4.78, 5) is 15.9. The molecule has 0 aliphatic heterocycles. The van der Waals surface area contributed by atoms with Gasteiger partial charge in [0.15, 0.2) is 5.89 Å². The third-order valence-electron chi connectivity index (χ3n) is 2.97. The van der Waals surface area contributed by atoms with Crippen LogP contribution in [0.2, 0.25) is 0 Å². The van der Waals surface area contributed by atoms with Crippen molar-refractivity contribution in [3.8, 4) is 0 Å². The van der Waals surface area contributed by atoms with Crippen molar-refractivity contribution >= 4 is 17.5 Å². The van der Waals surface area contributed by atoms with E-state index in [9.17, 15) is 4.79 Å². The Balaban J connectivity index is 2.36. The molecule has 0 aliphatic carbocycles. The van der Waals surface area contributed by atoms with Crippen molar-refractivity contribution < 1.29 is 9.21 Å². The number of oxazole rings is 1. The lowest BCUT2D eigenvalue weighted by atomic mass is 9.97. The maximum absolute atomic E-state index is 11.4. The van der Waals surface area contributed by atoms with Gasteiger partial charge in [-0.3, -0.25) is 4.79 Å². The molecule has 1 aromatic heterocycles. The second kappa shape index (κ2) is 7.67. The second-order valence-electron chi connectivity index (χ2n) is 6.02. The molecule has 0 saturated heterocycles. The van der Waals surface area contributed by atoms with Gasteiger partial charge in [0.2, 0.25) is 5.91 Å². The molecule has 0 unspecified atom stereocenters. The van der Waals surface area contributed by atoms with Crippen LogP contribution in [-0.4, -0.2) is 23.3 Å². The predicted molar refractivity (Wildman–Crippen MR) is 81.2 cm³/mol. The molecule has 0 bridgehead atoms. The number of amides is 1. The Bertz CT molecular complexity index is 436. The minimum absolute atomic E-state index is 0.0651. The average molecular weight is 301 g/mol. The van der Waals surface area contributed by atoms with E-state index in [4.69, 9.17) is 16.0 Å². The maximum Gasteiger partial charge on any atom is 0.220 e. The minimum Gasteiger partial charge on any atom is -0.445 e. The molecule has 1 heterocycles. The summed E-state index contributed by atoms with van der Waals surface area (Å²) < 4.78 is 5.81. The standard InChI is InChI=1S/C15H25ClN2O2/c1-11-12(20-14(18-11)15(2,3)4)7-6-10-17-13(19)8-5-9-16/h5-10H2,1-4H3,(H,17,19). The van der Waals surface area contributed by atoms with Crippen molar-refractivity contribution in [2.75, 3.05) is 12.4 Å². The van der Waals surface area contributed by atoms with Crippen LogP contribution in [0.3, 0.4) is 0 Å². The normalized spacial score (nSPS) is 11.7. The van der Waals surface area contributed by atoms with Gasteiger partial charge in [0.05, 0.1) is 5.69 Å². The molecule has 0 saturated carbocycles. The first-order chi connectivity index (χ1) is 9.34. The summed E-state index contributed by atoms with van der Waals surface area (Å²) in [7, 11) is 0. The third-order valence-corrected chi connectivity index (χ3v) is 3.24. The molecule has 1 N–H and O–H groups in total. The van der Waals surface area contributed by atoms with E-state index in [0.29, 0.717) is 18.8 Å². The number of carbonyl (C=O) groups is 1. The largest absolute Gasteiger partial charge is 0.445 e. The van der Waals surface area contributed by atoms with Gasteiger partial charge in [-0.05, 0) is 19.8 Å². The van der Waals surface area contributed by atoms with Crippen LogP contribution in [0.4, 0.5) is 0 Å². The summed E-state index contributed by atoms with van der Waals surface area (Å²) in [6.07, 6.45) is 2.87. The first-order valence-corrected chi connectivity index (χ1v) is 7.67. The van der Waals surface area contributed by atoms with Crippen LogP contribution >= 0.6 is 11.6 Å². The van der Waals surface area contributed by atoms with Gasteiger partial charge in [-0.1, -0.05) is 20.8 Å². The highest BCUT2D eigenvalue weighted by Crippen LogP contribution is 2.24. The summed E-state index contributed by atoms with van der Waals surface area (Å²) >= 11 is 5.54. The first-order valence-electron chi connectivity index (χ1n) is 7.14. The Hall–Kier alpha value is -1.03. The van der Waals surface area contributed by atoms with Crippen molar-refractivity contribution in [2.24, 2.45) is 0 Å². The monoisotopic (exact) mass is 300 g/mol. The number of alkyl halides is 1. The topological polar surface area (TPSA) is 55.1 Å². The van der Waals surface area contributed by atoms with Gasteiger partial charge in [-0.2, -0.15) is 0 Å². The van der Waals surface area contributed by atoms with Gasteiger partial charge in [0.1, 0.15) is 5.76 Å². The van der Waals surface area contributed by atoms with Crippen LogP contribution < -0.4 is 5.32 Å². The number of rotatable bonds is 7. The Morgan fingerprint density at radius 1 is 1.35 bits per heavy atom. The lowest BCUT2D eigenvalue weighted by Gasteiger charge is -2.12. The number of halogens is 1. The lowest BCUT2D eigenvalue weighted by molar-refractivity contribution is -0.121. The molecule has 1 amide bonds. The Morgan fingerprint density at radius 3 is 2.60 bits per heavy atom. The molecule has 114 valence electrons. The highest BCUT2D eigenvalue weighted by atomic mass is 35.5. The number of hydrogen-bond donors (Lipinski definition) is 1. The van der Waals surface area contributed by atoms with Gasteiger partial charge in [0, 0.05) is 30.7 Å². The van der Waals surface area contributed by atoms with E-state index in [0.717, 1.165) is 36.6 Å². The molecule has 5 heteroatoms. The molecule has 0 fully saturated rings. The van der Waals surface area contributed by atoms with Gasteiger partial charge in [-0.25, -0.2) is 4.98 Å². The zero-order valence-corrected chi connectivity index (χ0v) is 13.6. The fraction of sp³-hybridized carbons (Fsp3) is 0.733. The molecular formula is C15H25ClN2O2. The van der Waals surface area contributed by atoms with Crippen LogP contribution in [-0.2, 0) is 16.6 Å². The molecule has 4 nitrogen and oxygen atoms in total. The van der Waals surface area contributed by atoms with Crippen molar-refractivity contribution in [1.82, 2.24) is 10.3 Å². The van der Waals surface area contributed by atoms with E-state index in [-0.39, 0.29) is 11.3 Å². The molecule has 1 aromatic rings. The third kappa shape index (κ3) is 5.53. The molecule has 1 rings (SSSR count). The van der Waals surface area contributed by atoms with E-state index in [1.54, 1.807) is 0 Å². The minimum atomic E-state index is -0.0706. The Morgan fingerprint density at radius 2 is 2.05 bits per heavy atom. The summed E-state index contributed by atoms with van der Waals surface area (Å²) in [6.45, 7) is 8.87. The van der Waals surface area contributed by atoms with Crippen LogP contribution in [0.25, 0.3) is 0 Å². The lowest BCUT2D eigenvalue weighted by Crippen LogP contribution is -2.24. The average Bonchev–Trinajstić information content (AvgIpc) is 2.73. The van der Waals surface area contributed by atoms with Crippen molar-refractivity contribution in [3.63, 3.8) is 0 Å².